The van der Waals surface area contributed by atoms with Gasteiger partial charge >= 0.3 is 0 Å². The third-order valence-corrected chi connectivity index (χ3v) is 1.98. The van der Waals surface area contributed by atoms with Gasteiger partial charge in [0.25, 0.3) is 5.56 Å². The molecule has 6 heteroatoms. The fraction of sp³-hybridized carbons (Fsp3) is 0.222. The number of rotatable bonds is 2. The summed E-state index contributed by atoms with van der Waals surface area (Å²) in [6, 6.07) is 3.18. The SMILES string of the molecule is CN(C)c1cc(-n2[nH]ccc2=O)ncn1. The Balaban J connectivity index is 2.50. The lowest BCUT2D eigenvalue weighted by Crippen LogP contribution is -2.17. The molecule has 1 N–H and O–H groups in total. The van der Waals surface area contributed by atoms with Crippen molar-refractivity contribution in [2.45, 2.75) is 0 Å². The van der Waals surface area contributed by atoms with Crippen LogP contribution in [-0.2, 0) is 0 Å². The summed E-state index contributed by atoms with van der Waals surface area (Å²) in [5, 5.41) is 2.78. The first kappa shape index (κ1) is 9.45. The molecule has 0 aliphatic carbocycles. The molecule has 6 nitrogen and oxygen atoms in total. The summed E-state index contributed by atoms with van der Waals surface area (Å²) in [6.07, 6.45) is 3.00. The number of nitrogens with zero attached hydrogens (tertiary/aromatic N) is 4. The van der Waals surface area contributed by atoms with Gasteiger partial charge in [-0.2, -0.15) is 0 Å². The number of aromatic amines is 1. The molecule has 0 fully saturated rings. The Kier molecular flexibility index (Phi) is 2.24. The minimum absolute atomic E-state index is 0.140. The molecule has 0 aliphatic heterocycles. The van der Waals surface area contributed by atoms with Gasteiger partial charge in [-0.05, 0) is 0 Å². The Morgan fingerprint density at radius 2 is 2.20 bits per heavy atom. The summed E-state index contributed by atoms with van der Waals surface area (Å²) < 4.78 is 1.36. The monoisotopic (exact) mass is 205 g/mol. The van der Waals surface area contributed by atoms with Crippen LogP contribution in [0.3, 0.4) is 0 Å². The van der Waals surface area contributed by atoms with Gasteiger partial charge in [0, 0.05) is 32.4 Å². The molecule has 2 rings (SSSR count). The normalized spacial score (nSPS) is 10.3. The molecule has 0 aromatic carbocycles. The van der Waals surface area contributed by atoms with Crippen LogP contribution in [0.1, 0.15) is 0 Å². The van der Waals surface area contributed by atoms with Crippen LogP contribution in [0.2, 0.25) is 0 Å². The van der Waals surface area contributed by atoms with E-state index < -0.39 is 0 Å². The summed E-state index contributed by atoms with van der Waals surface area (Å²) in [5.41, 5.74) is -0.140. The average Bonchev–Trinajstić information content (AvgIpc) is 2.64. The molecule has 78 valence electrons. The van der Waals surface area contributed by atoms with Crippen molar-refractivity contribution in [2.24, 2.45) is 0 Å². The van der Waals surface area contributed by atoms with E-state index in [-0.39, 0.29) is 5.56 Å². The van der Waals surface area contributed by atoms with Gasteiger partial charge in [-0.15, -0.1) is 0 Å². The number of hydrogen-bond donors (Lipinski definition) is 1. The first-order chi connectivity index (χ1) is 7.18. The Hall–Kier alpha value is -2.11. The van der Waals surface area contributed by atoms with Crippen LogP contribution < -0.4 is 10.5 Å². The van der Waals surface area contributed by atoms with Crippen molar-refractivity contribution in [1.82, 2.24) is 19.7 Å². The Morgan fingerprint density at radius 3 is 2.80 bits per heavy atom. The van der Waals surface area contributed by atoms with E-state index in [1.165, 1.54) is 17.1 Å². The van der Waals surface area contributed by atoms with E-state index in [1.54, 1.807) is 12.3 Å². The second-order valence-corrected chi connectivity index (χ2v) is 3.26. The predicted molar refractivity (Wildman–Crippen MR) is 56.3 cm³/mol. The van der Waals surface area contributed by atoms with Crippen LogP contribution in [0.25, 0.3) is 5.82 Å². The first-order valence-electron chi connectivity index (χ1n) is 4.44. The maximum atomic E-state index is 11.4. The Morgan fingerprint density at radius 1 is 1.40 bits per heavy atom. The van der Waals surface area contributed by atoms with E-state index in [0.29, 0.717) is 5.82 Å². The molecule has 2 aromatic rings. The van der Waals surface area contributed by atoms with Crippen molar-refractivity contribution < 1.29 is 0 Å². The van der Waals surface area contributed by atoms with Crippen LogP contribution in [0.15, 0.2) is 29.5 Å². The third-order valence-electron chi connectivity index (χ3n) is 1.98. The van der Waals surface area contributed by atoms with Crippen molar-refractivity contribution in [3.8, 4) is 5.82 Å². The van der Waals surface area contributed by atoms with Crippen LogP contribution in [0, 0.1) is 0 Å². The van der Waals surface area contributed by atoms with Crippen LogP contribution >= 0.6 is 0 Å². The Labute approximate surface area is 86.2 Å². The van der Waals surface area contributed by atoms with Gasteiger partial charge in [0.15, 0.2) is 5.82 Å². The number of aromatic nitrogens is 4. The molecule has 0 spiro atoms. The molecule has 2 aromatic heterocycles. The lowest BCUT2D eigenvalue weighted by atomic mass is 10.5. The highest BCUT2D eigenvalue weighted by atomic mass is 16.1. The minimum atomic E-state index is -0.140. The lowest BCUT2D eigenvalue weighted by Gasteiger charge is -2.11. The molecule has 15 heavy (non-hydrogen) atoms. The lowest BCUT2D eigenvalue weighted by molar-refractivity contribution is 0.810. The van der Waals surface area contributed by atoms with Crippen molar-refractivity contribution in [2.75, 3.05) is 19.0 Å². The standard InChI is InChI=1S/C9H11N5O/c1-13(2)7-5-8(11-6-10-7)14-9(15)3-4-12-14/h3-6,12H,1-2H3. The van der Waals surface area contributed by atoms with Crippen LogP contribution in [-0.4, -0.2) is 33.8 Å². The zero-order chi connectivity index (χ0) is 10.8. The van der Waals surface area contributed by atoms with E-state index in [2.05, 4.69) is 15.1 Å². The van der Waals surface area contributed by atoms with Crippen LogP contribution in [0.5, 0.6) is 0 Å². The molecule has 0 radical (unpaired) electrons. The van der Waals surface area contributed by atoms with E-state index in [0.717, 1.165) is 5.82 Å². The second kappa shape index (κ2) is 3.56. The molecule has 0 aliphatic rings. The van der Waals surface area contributed by atoms with Gasteiger partial charge in [-0.3, -0.25) is 9.89 Å². The number of H-pyrrole nitrogens is 1. The molecule has 0 saturated carbocycles. The number of hydrogen-bond acceptors (Lipinski definition) is 4. The van der Waals surface area contributed by atoms with Crippen molar-refractivity contribution in [1.29, 1.82) is 0 Å². The zero-order valence-corrected chi connectivity index (χ0v) is 8.51. The van der Waals surface area contributed by atoms with Gasteiger partial charge in [0.1, 0.15) is 12.1 Å². The topological polar surface area (TPSA) is 66.8 Å². The van der Waals surface area contributed by atoms with Gasteiger partial charge in [0.2, 0.25) is 0 Å². The van der Waals surface area contributed by atoms with Crippen molar-refractivity contribution >= 4 is 5.82 Å². The molecule has 0 unspecified atom stereocenters. The highest BCUT2D eigenvalue weighted by Crippen LogP contribution is 2.08. The average molecular weight is 205 g/mol. The van der Waals surface area contributed by atoms with Gasteiger partial charge in [-0.25, -0.2) is 14.6 Å². The second-order valence-electron chi connectivity index (χ2n) is 3.26. The van der Waals surface area contributed by atoms with Gasteiger partial charge in [0.05, 0.1) is 0 Å². The summed E-state index contributed by atoms with van der Waals surface area (Å²) in [6.45, 7) is 0. The fourth-order valence-corrected chi connectivity index (χ4v) is 1.20. The highest BCUT2D eigenvalue weighted by Gasteiger charge is 2.04. The van der Waals surface area contributed by atoms with Gasteiger partial charge < -0.3 is 4.90 Å². The number of anilines is 1. The molecule has 0 amide bonds. The first-order valence-corrected chi connectivity index (χ1v) is 4.44. The molecular weight excluding hydrogens is 194 g/mol. The molecular formula is C9H11N5O. The maximum absolute atomic E-state index is 11.4. The smallest absolute Gasteiger partial charge is 0.272 e. The molecule has 0 saturated heterocycles. The molecule has 0 bridgehead atoms. The van der Waals surface area contributed by atoms with E-state index in [4.69, 9.17) is 0 Å². The van der Waals surface area contributed by atoms with Gasteiger partial charge in [-0.1, -0.05) is 0 Å². The summed E-state index contributed by atoms with van der Waals surface area (Å²) in [7, 11) is 3.76. The van der Waals surface area contributed by atoms with E-state index in [1.807, 2.05) is 19.0 Å². The minimum Gasteiger partial charge on any atom is -0.363 e. The van der Waals surface area contributed by atoms with Crippen molar-refractivity contribution in [3.05, 3.63) is 35.0 Å². The maximum Gasteiger partial charge on any atom is 0.272 e. The summed E-state index contributed by atoms with van der Waals surface area (Å²) in [4.78, 5) is 21.3. The largest absolute Gasteiger partial charge is 0.363 e. The summed E-state index contributed by atoms with van der Waals surface area (Å²) >= 11 is 0. The predicted octanol–water partition coefficient (Wildman–Crippen LogP) is 0.0216. The van der Waals surface area contributed by atoms with E-state index >= 15 is 0 Å². The molecule has 0 atom stereocenters. The number of nitrogens with one attached hydrogen (secondary N) is 1. The zero-order valence-electron chi connectivity index (χ0n) is 8.51. The van der Waals surface area contributed by atoms with Crippen molar-refractivity contribution in [3.63, 3.8) is 0 Å². The van der Waals surface area contributed by atoms with E-state index in [9.17, 15) is 4.79 Å². The molecule has 2 heterocycles. The quantitative estimate of drug-likeness (QED) is 0.750. The fourth-order valence-electron chi connectivity index (χ4n) is 1.20. The van der Waals surface area contributed by atoms with Crippen LogP contribution in [0.4, 0.5) is 5.82 Å². The highest BCUT2D eigenvalue weighted by molar-refractivity contribution is 5.41. The summed E-state index contributed by atoms with van der Waals surface area (Å²) in [5.74, 6) is 1.28. The third kappa shape index (κ3) is 1.74. The Bertz CT molecular complexity index is 513.